The third-order valence-electron chi connectivity index (χ3n) is 3.51. The van der Waals surface area contributed by atoms with Crippen molar-refractivity contribution in [3.05, 3.63) is 29.8 Å². The first kappa shape index (κ1) is 17.5. The largest absolute Gasteiger partial charge is 0.493 e. The fourth-order valence-corrected chi connectivity index (χ4v) is 2.35. The molecule has 0 radical (unpaired) electrons. The van der Waals surface area contributed by atoms with E-state index in [1.807, 2.05) is 31.2 Å². The van der Waals surface area contributed by atoms with Crippen molar-refractivity contribution in [1.82, 2.24) is 16.2 Å². The highest BCUT2D eigenvalue weighted by molar-refractivity contribution is 7.80. The predicted molar refractivity (Wildman–Crippen MR) is 92.1 cm³/mol. The number of hydrogen-bond acceptors (Lipinski definition) is 4. The van der Waals surface area contributed by atoms with Crippen LogP contribution in [0.25, 0.3) is 0 Å². The quantitative estimate of drug-likeness (QED) is 0.539. The second-order valence-corrected chi connectivity index (χ2v) is 5.79. The van der Waals surface area contributed by atoms with Gasteiger partial charge < -0.3 is 14.8 Å². The van der Waals surface area contributed by atoms with Crippen molar-refractivity contribution < 1.29 is 14.3 Å². The maximum Gasteiger partial charge on any atom is 0.241 e. The van der Waals surface area contributed by atoms with E-state index in [0.717, 1.165) is 30.8 Å². The summed E-state index contributed by atoms with van der Waals surface area (Å²) in [6, 6.07) is 7.70. The van der Waals surface area contributed by atoms with Crippen LogP contribution in [0.3, 0.4) is 0 Å². The van der Waals surface area contributed by atoms with Crippen LogP contribution in [0.1, 0.15) is 24.8 Å². The summed E-state index contributed by atoms with van der Waals surface area (Å²) in [5.74, 6) is 0.613. The fourth-order valence-electron chi connectivity index (χ4n) is 2.22. The van der Waals surface area contributed by atoms with Crippen LogP contribution in [0.4, 0.5) is 0 Å². The van der Waals surface area contributed by atoms with Gasteiger partial charge in [-0.2, -0.15) is 0 Å². The van der Waals surface area contributed by atoms with E-state index < -0.39 is 0 Å². The molecule has 1 amide bonds. The highest BCUT2D eigenvalue weighted by Gasteiger charge is 2.15. The Hall–Kier alpha value is -1.86. The van der Waals surface area contributed by atoms with E-state index in [0.29, 0.717) is 18.3 Å². The summed E-state index contributed by atoms with van der Waals surface area (Å²) in [6.45, 7) is 3.74. The van der Waals surface area contributed by atoms with Gasteiger partial charge in [0.1, 0.15) is 5.75 Å². The number of thiocarbonyl (C=S) groups is 1. The Morgan fingerprint density at radius 2 is 2.22 bits per heavy atom. The molecule has 1 aliphatic rings. The van der Waals surface area contributed by atoms with Crippen LogP contribution in [-0.4, -0.2) is 36.9 Å². The Morgan fingerprint density at radius 3 is 2.96 bits per heavy atom. The van der Waals surface area contributed by atoms with Gasteiger partial charge in [0.2, 0.25) is 5.91 Å². The molecule has 1 aromatic carbocycles. The number of hydrazine groups is 1. The lowest BCUT2D eigenvalue weighted by atomic mass is 10.2. The number of ether oxygens (including phenoxy) is 2. The van der Waals surface area contributed by atoms with Crippen molar-refractivity contribution in [3.63, 3.8) is 0 Å². The van der Waals surface area contributed by atoms with E-state index in [4.69, 9.17) is 21.7 Å². The Labute approximate surface area is 141 Å². The van der Waals surface area contributed by atoms with Crippen molar-refractivity contribution >= 4 is 23.2 Å². The summed E-state index contributed by atoms with van der Waals surface area (Å²) in [7, 11) is 0. The molecule has 1 aliphatic heterocycles. The smallest absolute Gasteiger partial charge is 0.241 e. The lowest BCUT2D eigenvalue weighted by molar-refractivity contribution is -0.122. The van der Waals surface area contributed by atoms with Crippen molar-refractivity contribution in [2.45, 2.75) is 32.3 Å². The number of rotatable bonds is 6. The molecule has 1 unspecified atom stereocenters. The molecule has 1 fully saturated rings. The number of carbonyl (C=O) groups is 1. The van der Waals surface area contributed by atoms with Crippen LogP contribution < -0.4 is 20.9 Å². The summed E-state index contributed by atoms with van der Waals surface area (Å²) in [4.78, 5) is 11.7. The van der Waals surface area contributed by atoms with E-state index in [2.05, 4.69) is 16.2 Å². The minimum atomic E-state index is -0.181. The molecule has 6 nitrogen and oxygen atoms in total. The monoisotopic (exact) mass is 337 g/mol. The van der Waals surface area contributed by atoms with Gasteiger partial charge in [-0.25, -0.2) is 0 Å². The number of nitrogens with one attached hydrogen (secondary N) is 3. The van der Waals surface area contributed by atoms with Gasteiger partial charge in [-0.05, 0) is 43.6 Å². The lowest BCUT2D eigenvalue weighted by Crippen LogP contribution is -2.48. The SMILES string of the molecule is Cc1ccccc1OCCC(=O)NNC(=S)NCC1CCCO1. The molecule has 23 heavy (non-hydrogen) atoms. The molecule has 0 saturated carbocycles. The van der Waals surface area contributed by atoms with Crippen molar-refractivity contribution in [2.75, 3.05) is 19.8 Å². The maximum atomic E-state index is 11.7. The van der Waals surface area contributed by atoms with Crippen LogP contribution in [0, 0.1) is 6.92 Å². The molecule has 1 atom stereocenters. The first-order valence-corrected chi connectivity index (χ1v) is 8.18. The summed E-state index contributed by atoms with van der Waals surface area (Å²) in [5, 5.41) is 3.40. The molecule has 126 valence electrons. The number of hydrogen-bond donors (Lipinski definition) is 3. The van der Waals surface area contributed by atoms with E-state index in [1.54, 1.807) is 0 Å². The van der Waals surface area contributed by atoms with Gasteiger partial charge in [0.15, 0.2) is 5.11 Å². The van der Waals surface area contributed by atoms with Crippen LogP contribution in [0.2, 0.25) is 0 Å². The molecule has 3 N–H and O–H groups in total. The highest BCUT2D eigenvalue weighted by atomic mass is 32.1. The second-order valence-electron chi connectivity index (χ2n) is 5.38. The molecule has 1 heterocycles. The van der Waals surface area contributed by atoms with Gasteiger partial charge >= 0.3 is 0 Å². The minimum Gasteiger partial charge on any atom is -0.493 e. The standard InChI is InChI=1S/C16H23N3O3S/c1-12-5-2-3-7-14(12)22-10-8-15(20)18-19-16(23)17-11-13-6-4-9-21-13/h2-3,5,7,13H,4,6,8-11H2,1H3,(H,18,20)(H2,17,19,23). The number of amides is 1. The van der Waals surface area contributed by atoms with Gasteiger partial charge in [-0.3, -0.25) is 15.6 Å². The molecule has 1 saturated heterocycles. The van der Waals surface area contributed by atoms with Gasteiger partial charge in [-0.15, -0.1) is 0 Å². The molecule has 0 bridgehead atoms. The second kappa shape index (κ2) is 9.32. The number of para-hydroxylation sites is 1. The van der Waals surface area contributed by atoms with Crippen LogP contribution in [0.15, 0.2) is 24.3 Å². The molecular formula is C16H23N3O3S. The number of aryl methyl sites for hydroxylation is 1. The Kier molecular flexibility index (Phi) is 7.09. The van der Waals surface area contributed by atoms with Crippen LogP contribution in [-0.2, 0) is 9.53 Å². The van der Waals surface area contributed by atoms with E-state index >= 15 is 0 Å². The minimum absolute atomic E-state index is 0.181. The molecular weight excluding hydrogens is 314 g/mol. The number of benzene rings is 1. The van der Waals surface area contributed by atoms with Gasteiger partial charge in [0, 0.05) is 13.2 Å². The van der Waals surface area contributed by atoms with Crippen LogP contribution >= 0.6 is 12.2 Å². The number of carbonyl (C=O) groups excluding carboxylic acids is 1. The summed E-state index contributed by atoms with van der Waals surface area (Å²) in [5.41, 5.74) is 6.27. The topological polar surface area (TPSA) is 71.6 Å². The highest BCUT2D eigenvalue weighted by Crippen LogP contribution is 2.16. The zero-order valence-electron chi connectivity index (χ0n) is 13.3. The molecule has 1 aromatic rings. The Balaban J connectivity index is 1.55. The van der Waals surface area contributed by atoms with Gasteiger partial charge in [0.25, 0.3) is 0 Å². The van der Waals surface area contributed by atoms with Crippen molar-refractivity contribution in [3.8, 4) is 5.75 Å². The Morgan fingerprint density at radius 1 is 1.39 bits per heavy atom. The normalized spacial score (nSPS) is 16.7. The van der Waals surface area contributed by atoms with Gasteiger partial charge in [-0.1, -0.05) is 18.2 Å². The average molecular weight is 337 g/mol. The molecule has 0 aromatic heterocycles. The van der Waals surface area contributed by atoms with Crippen molar-refractivity contribution in [2.24, 2.45) is 0 Å². The zero-order valence-corrected chi connectivity index (χ0v) is 14.1. The maximum absolute atomic E-state index is 11.7. The first-order valence-electron chi connectivity index (χ1n) is 7.78. The van der Waals surface area contributed by atoms with Crippen LogP contribution in [0.5, 0.6) is 5.75 Å². The molecule has 0 aliphatic carbocycles. The van der Waals surface area contributed by atoms with Crippen molar-refractivity contribution in [1.29, 1.82) is 0 Å². The predicted octanol–water partition coefficient (Wildman–Crippen LogP) is 1.44. The van der Waals surface area contributed by atoms with E-state index in [-0.39, 0.29) is 18.4 Å². The van der Waals surface area contributed by atoms with E-state index in [1.165, 1.54) is 0 Å². The third-order valence-corrected chi connectivity index (χ3v) is 3.76. The average Bonchev–Trinajstić information content (AvgIpc) is 3.06. The fraction of sp³-hybridized carbons (Fsp3) is 0.500. The lowest BCUT2D eigenvalue weighted by Gasteiger charge is -2.14. The van der Waals surface area contributed by atoms with Gasteiger partial charge in [0.05, 0.1) is 19.1 Å². The molecule has 0 spiro atoms. The summed E-state index contributed by atoms with van der Waals surface area (Å²) in [6.07, 6.45) is 2.57. The Bertz CT molecular complexity index is 533. The zero-order chi connectivity index (χ0) is 16.5. The molecule has 2 rings (SSSR count). The van der Waals surface area contributed by atoms with E-state index in [9.17, 15) is 4.79 Å². The summed E-state index contributed by atoms with van der Waals surface area (Å²) >= 11 is 5.09. The first-order chi connectivity index (χ1) is 11.1. The molecule has 7 heteroatoms. The summed E-state index contributed by atoms with van der Waals surface area (Å²) < 4.78 is 11.1. The third kappa shape index (κ3) is 6.42.